The summed E-state index contributed by atoms with van der Waals surface area (Å²) < 4.78 is 0. The number of benzene rings is 1. The molecule has 0 bridgehead atoms. The molecule has 1 aliphatic heterocycles. The summed E-state index contributed by atoms with van der Waals surface area (Å²) in [5, 5.41) is 5.77. The van der Waals surface area contributed by atoms with Crippen molar-refractivity contribution in [1.29, 1.82) is 0 Å². The zero-order valence-electron chi connectivity index (χ0n) is 14.9. The van der Waals surface area contributed by atoms with Gasteiger partial charge in [-0.25, -0.2) is 4.98 Å². The van der Waals surface area contributed by atoms with Crippen LogP contribution < -0.4 is 5.32 Å². The average molecular weight is 359 g/mol. The second kappa shape index (κ2) is 8.56. The molecule has 0 radical (unpaired) electrons. The number of nitrogens with zero attached hydrogens (tertiary/aromatic N) is 3. The molecule has 6 heteroatoms. The lowest BCUT2D eigenvalue weighted by Crippen LogP contribution is -2.45. The Bertz CT molecular complexity index is 678. The molecule has 1 saturated heterocycles. The third-order valence-electron chi connectivity index (χ3n) is 4.28. The molecule has 2 aromatic rings. The molecule has 5 nitrogen and oxygen atoms in total. The molecule has 1 N–H and O–H groups in total. The van der Waals surface area contributed by atoms with Crippen LogP contribution in [0.2, 0.25) is 0 Å². The molecule has 1 aromatic heterocycles. The van der Waals surface area contributed by atoms with Crippen LogP contribution in [0.15, 0.2) is 35.7 Å². The van der Waals surface area contributed by atoms with Gasteiger partial charge in [-0.15, -0.1) is 11.3 Å². The largest absolute Gasteiger partial charge is 0.349 e. The van der Waals surface area contributed by atoms with Crippen LogP contribution in [0.25, 0.3) is 0 Å². The third kappa shape index (κ3) is 5.36. The van der Waals surface area contributed by atoms with Crippen molar-refractivity contribution >= 4 is 17.2 Å². The van der Waals surface area contributed by atoms with Gasteiger partial charge in [-0.1, -0.05) is 30.3 Å². The van der Waals surface area contributed by atoms with Crippen LogP contribution in [-0.4, -0.2) is 52.9 Å². The maximum absolute atomic E-state index is 12.0. The zero-order chi connectivity index (χ0) is 17.6. The number of amides is 1. The van der Waals surface area contributed by atoms with Crippen LogP contribution in [-0.2, 0) is 13.1 Å². The average Bonchev–Trinajstić information content (AvgIpc) is 3.06. The first-order valence-electron chi connectivity index (χ1n) is 8.84. The lowest BCUT2D eigenvalue weighted by atomic mass is 10.2. The Balaban J connectivity index is 1.46. The molecule has 0 saturated carbocycles. The van der Waals surface area contributed by atoms with E-state index in [0.717, 1.165) is 44.3 Å². The summed E-state index contributed by atoms with van der Waals surface area (Å²) in [6, 6.07) is 10.8. The highest BCUT2D eigenvalue weighted by atomic mass is 32.1. The van der Waals surface area contributed by atoms with Crippen molar-refractivity contribution in [3.05, 3.63) is 52.0 Å². The Morgan fingerprint density at radius 2 is 1.76 bits per heavy atom. The molecular weight excluding hydrogens is 332 g/mol. The van der Waals surface area contributed by atoms with Crippen LogP contribution in [0.1, 0.15) is 34.9 Å². The quantitative estimate of drug-likeness (QED) is 0.862. The fourth-order valence-electron chi connectivity index (χ4n) is 2.96. The van der Waals surface area contributed by atoms with Gasteiger partial charge in [-0.3, -0.25) is 14.6 Å². The van der Waals surface area contributed by atoms with E-state index in [2.05, 4.69) is 50.4 Å². The molecule has 0 unspecified atom stereocenters. The van der Waals surface area contributed by atoms with Gasteiger partial charge in [0, 0.05) is 44.1 Å². The minimum atomic E-state index is -0.0785. The number of nitrogens with one attached hydrogen (secondary N) is 1. The molecule has 0 atom stereocenters. The van der Waals surface area contributed by atoms with Crippen molar-refractivity contribution < 1.29 is 4.79 Å². The lowest BCUT2D eigenvalue weighted by molar-refractivity contribution is 0.0938. The minimum Gasteiger partial charge on any atom is -0.349 e. The molecule has 2 heterocycles. The van der Waals surface area contributed by atoms with E-state index in [4.69, 9.17) is 0 Å². The molecule has 1 fully saturated rings. The molecule has 1 amide bonds. The Morgan fingerprint density at radius 3 is 2.40 bits per heavy atom. The van der Waals surface area contributed by atoms with Crippen molar-refractivity contribution in [1.82, 2.24) is 20.1 Å². The van der Waals surface area contributed by atoms with Crippen LogP contribution in [0.4, 0.5) is 0 Å². The van der Waals surface area contributed by atoms with Crippen molar-refractivity contribution in [3.63, 3.8) is 0 Å². The SMILES string of the molecule is CC(C)NC(=O)c1csc(CN2CCN(Cc3ccccc3)CC2)n1. The fraction of sp³-hybridized carbons (Fsp3) is 0.474. The van der Waals surface area contributed by atoms with Crippen LogP contribution in [0.3, 0.4) is 0 Å². The monoisotopic (exact) mass is 358 g/mol. The smallest absolute Gasteiger partial charge is 0.270 e. The van der Waals surface area contributed by atoms with E-state index in [1.807, 2.05) is 19.2 Å². The molecule has 3 rings (SSSR count). The number of hydrogen-bond acceptors (Lipinski definition) is 5. The number of aromatic nitrogens is 1. The molecule has 134 valence electrons. The maximum atomic E-state index is 12.0. The summed E-state index contributed by atoms with van der Waals surface area (Å²) in [4.78, 5) is 21.4. The van der Waals surface area contributed by atoms with E-state index in [0.29, 0.717) is 5.69 Å². The summed E-state index contributed by atoms with van der Waals surface area (Å²) >= 11 is 1.57. The molecule has 25 heavy (non-hydrogen) atoms. The van der Waals surface area contributed by atoms with Gasteiger partial charge >= 0.3 is 0 Å². The van der Waals surface area contributed by atoms with E-state index >= 15 is 0 Å². The van der Waals surface area contributed by atoms with Crippen molar-refractivity contribution in [2.75, 3.05) is 26.2 Å². The normalized spacial score (nSPS) is 16.3. The van der Waals surface area contributed by atoms with E-state index in [-0.39, 0.29) is 11.9 Å². The topological polar surface area (TPSA) is 48.5 Å². The predicted molar refractivity (Wildman–Crippen MR) is 102 cm³/mol. The number of rotatable bonds is 6. The first-order valence-corrected chi connectivity index (χ1v) is 9.72. The van der Waals surface area contributed by atoms with Crippen LogP contribution in [0, 0.1) is 0 Å². The standard InChI is InChI=1S/C19H26N4OS/c1-15(2)20-19(24)17-14-25-18(21-17)13-23-10-8-22(9-11-23)12-16-6-4-3-5-7-16/h3-7,14-15H,8-13H2,1-2H3,(H,20,24). The summed E-state index contributed by atoms with van der Waals surface area (Å²) in [5.74, 6) is -0.0785. The number of thiazole rings is 1. The second-order valence-corrected chi connectivity index (χ2v) is 7.74. The van der Waals surface area contributed by atoms with Gasteiger partial charge in [0.05, 0.1) is 6.54 Å². The third-order valence-corrected chi connectivity index (χ3v) is 5.11. The summed E-state index contributed by atoms with van der Waals surface area (Å²) in [5.41, 5.74) is 1.91. The van der Waals surface area contributed by atoms with Gasteiger partial charge in [-0.2, -0.15) is 0 Å². The van der Waals surface area contributed by atoms with Gasteiger partial charge < -0.3 is 5.32 Å². The summed E-state index contributed by atoms with van der Waals surface area (Å²) in [6.07, 6.45) is 0. The second-order valence-electron chi connectivity index (χ2n) is 6.79. The van der Waals surface area contributed by atoms with E-state index in [1.54, 1.807) is 11.3 Å². The number of carbonyl (C=O) groups excluding carboxylic acids is 1. The molecular formula is C19H26N4OS. The highest BCUT2D eigenvalue weighted by Crippen LogP contribution is 2.15. The highest BCUT2D eigenvalue weighted by molar-refractivity contribution is 7.09. The van der Waals surface area contributed by atoms with Gasteiger partial charge in [-0.05, 0) is 19.4 Å². The molecule has 0 spiro atoms. The van der Waals surface area contributed by atoms with Crippen LogP contribution in [0.5, 0.6) is 0 Å². The Hall–Kier alpha value is -1.76. The number of hydrogen-bond donors (Lipinski definition) is 1. The predicted octanol–water partition coefficient (Wildman–Crippen LogP) is 2.60. The Labute approximate surface area is 153 Å². The number of carbonyl (C=O) groups is 1. The van der Waals surface area contributed by atoms with Gasteiger partial charge in [0.15, 0.2) is 0 Å². The van der Waals surface area contributed by atoms with E-state index in [9.17, 15) is 4.79 Å². The summed E-state index contributed by atoms with van der Waals surface area (Å²) in [7, 11) is 0. The van der Waals surface area contributed by atoms with Crippen molar-refractivity contribution in [2.24, 2.45) is 0 Å². The lowest BCUT2D eigenvalue weighted by Gasteiger charge is -2.34. The summed E-state index contributed by atoms with van der Waals surface area (Å²) in [6.45, 7) is 9.99. The first-order chi connectivity index (χ1) is 12.1. The van der Waals surface area contributed by atoms with E-state index in [1.165, 1.54) is 5.56 Å². The minimum absolute atomic E-state index is 0.0785. The van der Waals surface area contributed by atoms with Crippen molar-refractivity contribution in [2.45, 2.75) is 33.0 Å². The van der Waals surface area contributed by atoms with Crippen molar-refractivity contribution in [3.8, 4) is 0 Å². The van der Waals surface area contributed by atoms with E-state index < -0.39 is 0 Å². The Kier molecular flexibility index (Phi) is 6.18. The highest BCUT2D eigenvalue weighted by Gasteiger charge is 2.19. The maximum Gasteiger partial charge on any atom is 0.270 e. The fourth-order valence-corrected chi connectivity index (χ4v) is 3.78. The zero-order valence-corrected chi connectivity index (χ0v) is 15.8. The molecule has 1 aromatic carbocycles. The van der Waals surface area contributed by atoms with Gasteiger partial charge in [0.2, 0.25) is 0 Å². The molecule has 1 aliphatic rings. The van der Waals surface area contributed by atoms with Gasteiger partial charge in [0.1, 0.15) is 10.7 Å². The Morgan fingerprint density at radius 1 is 1.12 bits per heavy atom. The first kappa shape index (κ1) is 18.0. The molecule has 0 aliphatic carbocycles. The van der Waals surface area contributed by atoms with Crippen LogP contribution >= 0.6 is 11.3 Å². The number of piperazine rings is 1. The van der Waals surface area contributed by atoms with Gasteiger partial charge in [0.25, 0.3) is 5.91 Å².